The van der Waals surface area contributed by atoms with Gasteiger partial charge >= 0.3 is 0 Å². The SMILES string of the molecule is CCc1c(C)c2cc3nc4c(c5nc(cc6[nH]c(cc1[nH]2)c(CC)c6C)[C@H](C)[C@H]5CC)CCCC4=C3C. The lowest BCUT2D eigenvalue weighted by Gasteiger charge is -2.20. The van der Waals surface area contributed by atoms with Gasteiger partial charge in [0.15, 0.2) is 0 Å². The van der Waals surface area contributed by atoms with Crippen LogP contribution in [-0.4, -0.2) is 19.9 Å². The monoisotopic (exact) mass is 492 g/mol. The zero-order chi connectivity index (χ0) is 26.0. The Morgan fingerprint density at radius 2 is 1.46 bits per heavy atom. The Morgan fingerprint density at radius 3 is 2.08 bits per heavy atom. The van der Waals surface area contributed by atoms with Gasteiger partial charge in [-0.1, -0.05) is 27.7 Å². The first-order valence-electron chi connectivity index (χ1n) is 14.3. The van der Waals surface area contributed by atoms with E-state index in [1.165, 1.54) is 84.5 Å². The molecule has 6 rings (SSSR count). The van der Waals surface area contributed by atoms with Gasteiger partial charge in [-0.3, -0.25) is 4.98 Å². The highest BCUT2D eigenvalue weighted by Gasteiger charge is 2.33. The second-order valence-electron chi connectivity index (χ2n) is 11.3. The molecule has 37 heavy (non-hydrogen) atoms. The molecule has 5 heterocycles. The van der Waals surface area contributed by atoms with E-state index in [0.717, 1.165) is 37.8 Å². The van der Waals surface area contributed by atoms with E-state index >= 15 is 0 Å². The number of fused-ring (bicyclic) bond motifs is 8. The minimum atomic E-state index is 0.399. The Morgan fingerprint density at radius 1 is 0.811 bits per heavy atom. The third-order valence-corrected chi connectivity index (χ3v) is 9.39. The lowest BCUT2D eigenvalue weighted by Crippen LogP contribution is -2.08. The summed E-state index contributed by atoms with van der Waals surface area (Å²) in [6.45, 7) is 16.0. The first-order valence-corrected chi connectivity index (χ1v) is 14.3. The van der Waals surface area contributed by atoms with Crippen molar-refractivity contribution < 1.29 is 0 Å². The summed E-state index contributed by atoms with van der Waals surface area (Å²) in [4.78, 5) is 18.3. The minimum Gasteiger partial charge on any atom is -0.355 e. The van der Waals surface area contributed by atoms with Crippen LogP contribution >= 0.6 is 0 Å². The normalized spacial score (nSPS) is 19.1. The first-order chi connectivity index (χ1) is 17.9. The smallest absolute Gasteiger partial charge is 0.0722 e. The van der Waals surface area contributed by atoms with Gasteiger partial charge in [-0.05, 0) is 116 Å². The van der Waals surface area contributed by atoms with Crippen LogP contribution in [0.3, 0.4) is 0 Å². The van der Waals surface area contributed by atoms with E-state index in [9.17, 15) is 0 Å². The highest BCUT2D eigenvalue weighted by atomic mass is 14.8. The molecular formula is C33H40N4. The third-order valence-electron chi connectivity index (χ3n) is 9.39. The van der Waals surface area contributed by atoms with E-state index in [-0.39, 0.29) is 0 Å². The molecule has 0 radical (unpaired) electrons. The summed E-state index contributed by atoms with van der Waals surface area (Å²) in [5, 5.41) is 0. The summed E-state index contributed by atoms with van der Waals surface area (Å²) in [5.74, 6) is 0.843. The number of hydrogen-bond acceptors (Lipinski definition) is 2. The molecule has 192 valence electrons. The van der Waals surface area contributed by atoms with E-state index in [0.29, 0.717) is 11.8 Å². The molecule has 4 heteroatoms. The number of aryl methyl sites for hydroxylation is 4. The molecule has 0 unspecified atom stereocenters. The lowest BCUT2D eigenvalue weighted by atomic mass is 9.83. The zero-order valence-corrected chi connectivity index (χ0v) is 23.5. The Kier molecular flexibility index (Phi) is 5.89. The number of allylic oxidation sites excluding steroid dienone is 2. The molecule has 3 aromatic rings. The fourth-order valence-corrected chi connectivity index (χ4v) is 7.11. The van der Waals surface area contributed by atoms with Crippen LogP contribution in [0.5, 0.6) is 0 Å². The minimum absolute atomic E-state index is 0.399. The molecule has 8 bridgehead atoms. The van der Waals surface area contributed by atoms with Crippen LogP contribution in [0.4, 0.5) is 0 Å². The number of H-pyrrole nitrogens is 2. The van der Waals surface area contributed by atoms with Crippen LogP contribution in [-0.2, 0) is 19.3 Å². The van der Waals surface area contributed by atoms with Gasteiger partial charge in [0, 0.05) is 45.3 Å². The molecule has 2 N–H and O–H groups in total. The lowest BCUT2D eigenvalue weighted by molar-refractivity contribution is 0.577. The summed E-state index contributed by atoms with van der Waals surface area (Å²) >= 11 is 0. The number of nitrogens with one attached hydrogen (secondary N) is 2. The average Bonchev–Trinajstić information content (AvgIpc) is 3.57. The summed E-state index contributed by atoms with van der Waals surface area (Å²) in [5.41, 5.74) is 19.2. The van der Waals surface area contributed by atoms with Crippen molar-refractivity contribution in [1.29, 1.82) is 0 Å². The maximum absolute atomic E-state index is 5.38. The van der Waals surface area contributed by atoms with Gasteiger partial charge in [0.2, 0.25) is 0 Å². The second-order valence-corrected chi connectivity index (χ2v) is 11.3. The van der Waals surface area contributed by atoms with Crippen molar-refractivity contribution in [2.75, 3.05) is 0 Å². The predicted molar refractivity (Wildman–Crippen MR) is 156 cm³/mol. The van der Waals surface area contributed by atoms with Gasteiger partial charge < -0.3 is 9.97 Å². The van der Waals surface area contributed by atoms with Gasteiger partial charge in [-0.15, -0.1) is 0 Å². The van der Waals surface area contributed by atoms with E-state index < -0.39 is 0 Å². The van der Waals surface area contributed by atoms with Crippen molar-refractivity contribution in [3.05, 3.63) is 68.8 Å². The van der Waals surface area contributed by atoms with Gasteiger partial charge in [-0.25, -0.2) is 4.98 Å². The fourth-order valence-electron chi connectivity index (χ4n) is 7.11. The zero-order valence-electron chi connectivity index (χ0n) is 23.5. The maximum Gasteiger partial charge on any atom is 0.0722 e. The fraction of sp³-hybridized carbons (Fsp3) is 0.455. The van der Waals surface area contributed by atoms with Crippen LogP contribution in [0, 0.1) is 13.8 Å². The van der Waals surface area contributed by atoms with Crippen LogP contribution in [0.1, 0.15) is 116 Å². The summed E-state index contributed by atoms with van der Waals surface area (Å²) < 4.78 is 0. The maximum atomic E-state index is 5.38. The molecule has 0 aromatic carbocycles. The quantitative estimate of drug-likeness (QED) is 0.384. The largest absolute Gasteiger partial charge is 0.355 e. The van der Waals surface area contributed by atoms with Crippen molar-refractivity contribution in [3.63, 3.8) is 0 Å². The molecule has 2 aliphatic heterocycles. The van der Waals surface area contributed by atoms with E-state index in [4.69, 9.17) is 9.97 Å². The standard InChI is InChI=1S/C33H40N4/c1-8-21-17(4)26-14-28-19(6)23(10-3)32(36-28)25-13-11-12-24-20(7)29(37-33(24)25)15-27-18(5)22(9-2)31(35-27)16-30(21)34-26/h14-16,19,23,34-35H,8-13H2,1-7H3/t19-,23-/m1/s1. The topological polar surface area (TPSA) is 57.4 Å². The molecule has 3 aromatic heterocycles. The van der Waals surface area contributed by atoms with E-state index in [1.807, 2.05) is 0 Å². The molecule has 0 saturated carbocycles. The molecule has 0 spiro atoms. The molecule has 1 aliphatic carbocycles. The van der Waals surface area contributed by atoms with Crippen LogP contribution < -0.4 is 0 Å². The van der Waals surface area contributed by atoms with E-state index in [2.05, 4.69) is 76.6 Å². The van der Waals surface area contributed by atoms with Crippen LogP contribution in [0.15, 0.2) is 18.2 Å². The Hall–Kier alpha value is -3.14. The Balaban J connectivity index is 1.82. The first kappa shape index (κ1) is 24.2. The van der Waals surface area contributed by atoms with Crippen molar-refractivity contribution in [1.82, 2.24) is 19.9 Å². The van der Waals surface area contributed by atoms with Crippen molar-refractivity contribution in [2.45, 2.75) is 98.8 Å². The van der Waals surface area contributed by atoms with E-state index in [1.54, 1.807) is 0 Å². The Labute approximate surface area is 220 Å². The summed E-state index contributed by atoms with van der Waals surface area (Å²) in [6.07, 6.45) is 6.46. The average molecular weight is 493 g/mol. The Bertz CT molecular complexity index is 1610. The van der Waals surface area contributed by atoms with Gasteiger partial charge in [0.1, 0.15) is 0 Å². The van der Waals surface area contributed by atoms with Gasteiger partial charge in [0.05, 0.1) is 11.4 Å². The summed E-state index contributed by atoms with van der Waals surface area (Å²) in [6, 6.07) is 6.95. The summed E-state index contributed by atoms with van der Waals surface area (Å²) in [7, 11) is 0. The number of aromatic nitrogens is 4. The number of nitrogens with zero attached hydrogens (tertiary/aromatic N) is 2. The molecule has 0 fully saturated rings. The molecule has 0 saturated heterocycles. The van der Waals surface area contributed by atoms with Crippen molar-refractivity contribution in [2.24, 2.45) is 0 Å². The number of hydrogen-bond donors (Lipinski definition) is 2. The van der Waals surface area contributed by atoms with Crippen molar-refractivity contribution in [3.8, 4) is 0 Å². The molecular weight excluding hydrogens is 452 g/mol. The predicted octanol–water partition coefficient (Wildman–Crippen LogP) is 8.62. The molecule has 4 nitrogen and oxygen atoms in total. The number of aromatic amines is 2. The highest BCUT2D eigenvalue weighted by molar-refractivity contribution is 5.93. The van der Waals surface area contributed by atoms with Crippen LogP contribution in [0.25, 0.3) is 33.2 Å². The second kappa shape index (κ2) is 9.01. The van der Waals surface area contributed by atoms with Crippen LogP contribution in [0.2, 0.25) is 0 Å². The third kappa shape index (κ3) is 3.63. The van der Waals surface area contributed by atoms with Gasteiger partial charge in [-0.2, -0.15) is 0 Å². The van der Waals surface area contributed by atoms with Gasteiger partial charge in [0.25, 0.3) is 0 Å². The molecule has 0 amide bonds. The van der Waals surface area contributed by atoms with Crippen molar-refractivity contribution >= 4 is 33.2 Å². The number of rotatable bonds is 3. The molecule has 3 aliphatic rings. The molecule has 2 atom stereocenters. The highest BCUT2D eigenvalue weighted by Crippen LogP contribution is 2.45.